The topological polar surface area (TPSA) is 404 Å². The molecule has 3 aliphatic carbocycles. The second kappa shape index (κ2) is 39.8. The lowest BCUT2D eigenvalue weighted by Crippen LogP contribution is -2.73. The molecule has 9 amide bonds. The Morgan fingerprint density at radius 1 is 0.743 bits per heavy atom. The Balaban J connectivity index is 0.623. The van der Waals surface area contributed by atoms with Gasteiger partial charge in [-0.2, -0.15) is 11.8 Å². The largest absolute Gasteiger partial charge is 0.524 e. The van der Waals surface area contributed by atoms with Gasteiger partial charge in [-0.05, 0) is 110 Å². The summed E-state index contributed by atoms with van der Waals surface area (Å²) in [7, 11) is -1.69. The number of phosphoric ester groups is 1. The molecular weight excluding hydrogens is 1570 g/mol. The van der Waals surface area contributed by atoms with Gasteiger partial charge < -0.3 is 93.7 Å². The number of urea groups is 1. The number of likely N-dealkylation sites (N-methyl/N-ethyl adjacent to an activating group) is 2. The number of carbonyl (C=O) groups is 9. The van der Waals surface area contributed by atoms with Crippen LogP contribution in [0.2, 0.25) is 0 Å². The molecule has 1 saturated heterocycles. The summed E-state index contributed by atoms with van der Waals surface area (Å²) in [4.78, 5) is 154. The predicted molar refractivity (Wildman–Crippen MR) is 428 cm³/mol. The number of imide groups is 1. The highest BCUT2D eigenvalue weighted by Crippen LogP contribution is 2.75. The maximum absolute atomic E-state index is 15.0. The fourth-order valence-corrected chi connectivity index (χ4v) is 17.0. The van der Waals surface area contributed by atoms with Gasteiger partial charge in [0.1, 0.15) is 6.61 Å². The number of phosphoric acid groups is 1. The van der Waals surface area contributed by atoms with Crippen molar-refractivity contribution in [1.29, 1.82) is 0 Å². The summed E-state index contributed by atoms with van der Waals surface area (Å²) in [6.45, 7) is 12.4. The van der Waals surface area contributed by atoms with Crippen LogP contribution in [0.25, 0.3) is 21.8 Å². The number of amides is 9. The van der Waals surface area contributed by atoms with Gasteiger partial charge in [-0.1, -0.05) is 26.0 Å². The fraction of sp³-hybridized carbons (Fsp3) is 0.579. The number of aromatic nitrogens is 2. The Morgan fingerprint density at radius 3 is 1.74 bits per heavy atom. The average Bonchev–Trinajstić information content (AvgIpc) is 1.57. The minimum absolute atomic E-state index is 0.0193. The highest BCUT2D eigenvalue weighted by Gasteiger charge is 2.76. The molecule has 11 rings (SSSR count). The molecule has 2 aromatic heterocycles. The van der Waals surface area contributed by atoms with E-state index in [2.05, 4.69) is 25.9 Å². The number of likely N-dealkylation sites (tertiary alicyclic amines) is 1. The van der Waals surface area contributed by atoms with Crippen molar-refractivity contribution >= 4 is 152 Å². The molecule has 9 N–H and O–H groups in total. The first-order valence-corrected chi connectivity index (χ1v) is 42.0. The number of rotatable bonds is 45. The normalized spacial score (nSPS) is 19.4. The number of nitrogens with two attached hydrogens (primary N) is 1. The van der Waals surface area contributed by atoms with E-state index in [9.17, 15) is 57.5 Å². The van der Waals surface area contributed by atoms with Crippen molar-refractivity contribution in [2.24, 2.45) is 28.4 Å². The number of fused-ring (bicyclic) bond motifs is 6. The number of halogens is 2. The standard InChI is InChI=1S/C76H102Cl2N11O21PS2/c1-45(2)65(84-59(91)14-19-102-21-23-104-25-27-106-29-30-107-28-26-105-24-22-103-20-18-87-60(92)34-58(113-7)69(87)94)55(90)31-49(9-8-15-80-72(79)97)68(93)83-52-12-10-48(11-13-52)41-108-74(112)86(6)17-16-85(5)73(98)109-56-32-53-63(61-46(3)37-81-66(56)61)50(35-77)39-88(53)70(95)75-42-76(43-75,44-75)71(96)89-40-51(36-78)64-54(89)33-57(110-111(99,100)101)67-62(64)47(4)38-82-67/h10-13,32-33,37-38,45,49-51,58,65,81-82H,8-9,14-31,34-36,39-44H2,1-7H3,(H,83,93)(H,84,91)(H3,79,80,97)(H2,99,100,101)/t49-,50-,51-,58?,65+,75?,76?/m1/s1. The lowest BCUT2D eigenvalue weighted by atomic mass is 9.34. The van der Waals surface area contributed by atoms with Crippen LogP contribution in [0.4, 0.5) is 26.7 Å². The monoisotopic (exact) mass is 1670 g/mol. The van der Waals surface area contributed by atoms with Gasteiger partial charge in [-0.25, -0.2) is 14.2 Å². The molecule has 1 unspecified atom stereocenters. The molecular formula is C76H102Cl2N11O21PS2. The van der Waals surface area contributed by atoms with Crippen LogP contribution in [0.15, 0.2) is 48.8 Å². The van der Waals surface area contributed by atoms with E-state index in [4.69, 9.17) is 83.6 Å². The summed E-state index contributed by atoms with van der Waals surface area (Å²) in [6, 6.07) is 8.42. The molecule has 618 valence electrons. The minimum Gasteiger partial charge on any atom is -0.466 e. The molecule has 32 nitrogen and oxygen atoms in total. The molecule has 5 heterocycles. The predicted octanol–water partition coefficient (Wildman–Crippen LogP) is 7.89. The number of aromatic amines is 2. The number of hydrogen-bond donors (Lipinski definition) is 8. The van der Waals surface area contributed by atoms with Gasteiger partial charge in [-0.15, -0.1) is 23.2 Å². The third kappa shape index (κ3) is 21.5. The number of H-pyrrole nitrogens is 2. The molecule has 4 fully saturated rings. The number of primary amides is 1. The van der Waals surface area contributed by atoms with Crippen molar-refractivity contribution < 1.29 is 99.9 Å². The fourth-order valence-electron chi connectivity index (χ4n) is 15.3. The van der Waals surface area contributed by atoms with E-state index in [-0.39, 0.29) is 179 Å². The molecule has 5 aromatic rings. The number of anilines is 3. The third-order valence-electron chi connectivity index (χ3n) is 21.1. The Kier molecular flexibility index (Phi) is 30.9. The number of thioether (sulfide) groups is 1. The molecule has 6 aliphatic rings. The zero-order chi connectivity index (χ0) is 81.5. The van der Waals surface area contributed by atoms with E-state index in [0.717, 1.165) is 27.6 Å². The first-order chi connectivity index (χ1) is 54.0. The van der Waals surface area contributed by atoms with Gasteiger partial charge in [0.05, 0.1) is 130 Å². The van der Waals surface area contributed by atoms with Crippen LogP contribution in [0.1, 0.15) is 105 Å². The molecule has 0 spiro atoms. The molecule has 0 radical (unpaired) electrons. The van der Waals surface area contributed by atoms with Crippen LogP contribution >= 0.6 is 55.0 Å². The summed E-state index contributed by atoms with van der Waals surface area (Å²) >= 11 is 20.2. The lowest BCUT2D eigenvalue weighted by Gasteiger charge is -2.69. The van der Waals surface area contributed by atoms with E-state index >= 15 is 0 Å². The van der Waals surface area contributed by atoms with E-state index < -0.39 is 54.6 Å². The highest BCUT2D eigenvalue weighted by molar-refractivity contribution is 8.00. The number of thiocarbonyl (C=S) groups is 1. The number of carbonyl (C=O) groups excluding carboxylic acids is 9. The summed E-state index contributed by atoms with van der Waals surface area (Å²) in [5.74, 6) is -3.06. The number of hydrogen-bond acceptors (Lipinski definition) is 21. The minimum atomic E-state index is -4.99. The summed E-state index contributed by atoms with van der Waals surface area (Å²) < 4.78 is 62.6. The van der Waals surface area contributed by atoms with E-state index in [1.807, 2.05) is 26.3 Å². The average molecular weight is 1670 g/mol. The van der Waals surface area contributed by atoms with Crippen molar-refractivity contribution in [3.8, 4) is 11.5 Å². The number of nitrogens with zero attached hydrogens (tertiary/aromatic N) is 5. The lowest BCUT2D eigenvalue weighted by molar-refractivity contribution is -0.205. The van der Waals surface area contributed by atoms with E-state index in [1.54, 1.807) is 79.2 Å². The molecule has 3 aromatic carbocycles. The van der Waals surface area contributed by atoms with Gasteiger partial charge >= 0.3 is 19.9 Å². The number of benzene rings is 3. The SMILES string of the molecule is CSC1CC(=O)N(CCOCCOCCOCCOCCOCCOCCC(=O)N[C@H](C(=O)C[C@@H](CCCNC(N)=O)C(=O)Nc2ccc(COC(=S)N(C)CCN(C)C(=O)Oc3cc4c(c5c(C)c[nH]c35)[C@H](CCl)CN4C(=O)C34CC(C(=O)N5C[C@@H](CCl)c6c5cc(OP(=O)(O)O)c5[nH]cc(C)c65)(C3)C4)cc2)C(C)C)C1=O. The Hall–Kier alpha value is -7.70. The third-order valence-corrected chi connectivity index (χ3v) is 23.7. The zero-order valence-corrected chi connectivity index (χ0v) is 68.6. The van der Waals surface area contributed by atoms with Gasteiger partial charge in [0, 0.05) is 137 Å². The van der Waals surface area contributed by atoms with Crippen molar-refractivity contribution in [3.05, 3.63) is 76.6 Å². The highest BCUT2D eigenvalue weighted by atomic mass is 35.5. The molecule has 3 aliphatic heterocycles. The van der Waals surface area contributed by atoms with E-state index in [0.29, 0.717) is 118 Å². The van der Waals surface area contributed by atoms with Gasteiger partial charge in [-0.3, -0.25) is 48.2 Å². The van der Waals surface area contributed by atoms with Gasteiger partial charge in [0.15, 0.2) is 17.3 Å². The van der Waals surface area contributed by atoms with Gasteiger partial charge in [0.25, 0.3) is 5.17 Å². The second-order valence-corrected chi connectivity index (χ2v) is 32.7. The first-order valence-electron chi connectivity index (χ1n) is 37.7. The molecule has 5 atom stereocenters. The summed E-state index contributed by atoms with van der Waals surface area (Å²) in [5.41, 5.74) is 10.0. The molecule has 113 heavy (non-hydrogen) atoms. The van der Waals surface area contributed by atoms with Crippen molar-refractivity contribution in [2.75, 3.05) is 166 Å². The molecule has 2 bridgehead atoms. The molecule has 3 saturated carbocycles. The Bertz CT molecular complexity index is 4320. The van der Waals surface area contributed by atoms with E-state index in [1.165, 1.54) is 27.6 Å². The van der Waals surface area contributed by atoms with Crippen LogP contribution < -0.4 is 40.7 Å². The first kappa shape index (κ1) is 87.7. The quantitative estimate of drug-likeness (QED) is 0.00603. The smallest absolute Gasteiger partial charge is 0.466 e. The number of alkyl halides is 2. The summed E-state index contributed by atoms with van der Waals surface area (Å²) in [5, 5.41) is 9.54. The van der Waals surface area contributed by atoms with Crippen molar-refractivity contribution in [1.82, 2.24) is 35.3 Å². The Labute approximate surface area is 674 Å². The van der Waals surface area contributed by atoms with Crippen LogP contribution in [0.3, 0.4) is 0 Å². The number of ether oxygens (including phenoxy) is 8. The zero-order valence-electron chi connectivity index (χ0n) is 64.6. The number of aryl methyl sites for hydroxylation is 2. The Morgan fingerprint density at radius 2 is 1.25 bits per heavy atom. The number of nitrogens with one attached hydrogen (secondary N) is 5. The van der Waals surface area contributed by atoms with Crippen LogP contribution in [0.5, 0.6) is 11.5 Å². The molecule has 37 heteroatoms. The van der Waals surface area contributed by atoms with Crippen LogP contribution in [0, 0.1) is 36.5 Å². The van der Waals surface area contributed by atoms with Crippen LogP contribution in [-0.2, 0) is 77.9 Å². The van der Waals surface area contributed by atoms with Crippen molar-refractivity contribution in [3.63, 3.8) is 0 Å². The van der Waals surface area contributed by atoms with Gasteiger partial charge in [0.2, 0.25) is 35.4 Å². The summed E-state index contributed by atoms with van der Waals surface area (Å²) in [6.07, 6.45) is 6.09. The van der Waals surface area contributed by atoms with Crippen LogP contribution in [-0.4, -0.2) is 255 Å². The van der Waals surface area contributed by atoms with Crippen molar-refractivity contribution in [2.45, 2.75) is 109 Å². The number of Topliss-reactive ketones (excluding diaryl/α,β-unsaturated/α-hetero) is 1. The maximum atomic E-state index is 15.0. The maximum Gasteiger partial charge on any atom is 0.524 e. The second-order valence-electron chi connectivity index (χ2n) is 29.5. The number of ketones is 1.